The fourth-order valence-corrected chi connectivity index (χ4v) is 3.87. The molecule has 1 aliphatic rings. The van der Waals surface area contributed by atoms with Crippen molar-refractivity contribution in [3.8, 4) is 0 Å². The van der Waals surface area contributed by atoms with Crippen LogP contribution < -0.4 is 10.6 Å². The predicted molar refractivity (Wildman–Crippen MR) is 131 cm³/mol. The molecule has 0 aliphatic carbocycles. The highest BCUT2D eigenvalue weighted by atomic mass is 127. The van der Waals surface area contributed by atoms with Crippen molar-refractivity contribution in [1.29, 1.82) is 0 Å². The molecule has 0 saturated carbocycles. The van der Waals surface area contributed by atoms with E-state index < -0.39 is 0 Å². The Bertz CT molecular complexity index is 631. The van der Waals surface area contributed by atoms with Gasteiger partial charge in [-0.05, 0) is 25.7 Å². The van der Waals surface area contributed by atoms with Gasteiger partial charge in [-0.2, -0.15) is 5.10 Å². The number of ether oxygens (including phenoxy) is 1. The Hall–Kier alpha value is -0.870. The summed E-state index contributed by atoms with van der Waals surface area (Å²) >= 11 is 0. The average Bonchev–Trinajstić information content (AvgIpc) is 2.98. The van der Waals surface area contributed by atoms with E-state index in [-0.39, 0.29) is 30.1 Å². The summed E-state index contributed by atoms with van der Waals surface area (Å²) in [5, 5.41) is 11.5. The smallest absolute Gasteiger partial charge is 0.191 e. The predicted octanol–water partition coefficient (Wildman–Crippen LogP) is 2.57. The van der Waals surface area contributed by atoms with Gasteiger partial charge in [0.2, 0.25) is 0 Å². The topological polar surface area (TPSA) is 66.7 Å². The molecule has 2 N–H and O–H groups in total. The van der Waals surface area contributed by atoms with Gasteiger partial charge in [-0.15, -0.1) is 24.0 Å². The molecule has 1 aliphatic heterocycles. The standard InChI is InChI=1S/C21H40N6O.HI/c1-7-19-18(20(8-2)26(6)25-19)13-24-21(22-9-3)23-12-17-15-27(10-11-28-17)14-16(4)5;/h16-17H,7-15H2,1-6H3,(H2,22,23,24);1H. The molecule has 8 heteroatoms. The van der Waals surface area contributed by atoms with Crippen LogP contribution in [-0.2, 0) is 31.2 Å². The molecule has 0 bridgehead atoms. The molecule has 0 spiro atoms. The van der Waals surface area contributed by atoms with Crippen LogP contribution in [0.5, 0.6) is 0 Å². The maximum absolute atomic E-state index is 5.96. The first-order valence-electron chi connectivity index (χ1n) is 10.9. The lowest BCUT2D eigenvalue weighted by atomic mass is 10.1. The molecule has 1 aromatic rings. The number of morpholine rings is 1. The number of nitrogens with zero attached hydrogens (tertiary/aromatic N) is 4. The zero-order valence-corrected chi connectivity index (χ0v) is 21.5. The lowest BCUT2D eigenvalue weighted by Gasteiger charge is -2.34. The Labute approximate surface area is 194 Å². The molecule has 0 radical (unpaired) electrons. The van der Waals surface area contributed by atoms with Gasteiger partial charge in [0.15, 0.2) is 5.96 Å². The van der Waals surface area contributed by atoms with E-state index in [0.717, 1.165) is 63.8 Å². The molecule has 1 aromatic heterocycles. The first-order valence-corrected chi connectivity index (χ1v) is 10.9. The van der Waals surface area contributed by atoms with Crippen LogP contribution in [-0.4, -0.2) is 66.1 Å². The van der Waals surface area contributed by atoms with Crippen LogP contribution in [0.15, 0.2) is 4.99 Å². The van der Waals surface area contributed by atoms with Crippen LogP contribution in [0.2, 0.25) is 0 Å². The summed E-state index contributed by atoms with van der Waals surface area (Å²) in [6.07, 6.45) is 2.11. The van der Waals surface area contributed by atoms with Gasteiger partial charge in [0, 0.05) is 51.0 Å². The number of hydrogen-bond donors (Lipinski definition) is 2. The second kappa shape index (κ2) is 13.4. The van der Waals surface area contributed by atoms with E-state index in [2.05, 4.69) is 55.3 Å². The maximum Gasteiger partial charge on any atom is 0.191 e. The fraction of sp³-hybridized carbons (Fsp3) is 0.810. The summed E-state index contributed by atoms with van der Waals surface area (Å²) < 4.78 is 7.96. The average molecular weight is 521 g/mol. The SMILES string of the molecule is CCNC(=NCc1c(CC)nn(C)c1CC)NCC1CN(CC(C)C)CCO1.I. The Morgan fingerprint density at radius 1 is 1.24 bits per heavy atom. The van der Waals surface area contributed by atoms with Crippen molar-refractivity contribution in [2.45, 2.75) is 60.1 Å². The second-order valence-corrected chi connectivity index (χ2v) is 7.92. The largest absolute Gasteiger partial charge is 0.374 e. The van der Waals surface area contributed by atoms with Gasteiger partial charge >= 0.3 is 0 Å². The van der Waals surface area contributed by atoms with Gasteiger partial charge in [0.25, 0.3) is 0 Å². The van der Waals surface area contributed by atoms with Crippen molar-refractivity contribution < 1.29 is 4.74 Å². The van der Waals surface area contributed by atoms with Crippen molar-refractivity contribution in [1.82, 2.24) is 25.3 Å². The number of hydrogen-bond acceptors (Lipinski definition) is 4. The van der Waals surface area contributed by atoms with Gasteiger partial charge in [0.05, 0.1) is 24.9 Å². The molecule has 1 atom stereocenters. The molecule has 2 rings (SSSR count). The van der Waals surface area contributed by atoms with Crippen LogP contribution in [0.25, 0.3) is 0 Å². The zero-order chi connectivity index (χ0) is 20.5. The van der Waals surface area contributed by atoms with Gasteiger partial charge in [-0.25, -0.2) is 4.99 Å². The Balaban J connectivity index is 0.00000420. The molecule has 2 heterocycles. The van der Waals surface area contributed by atoms with Gasteiger partial charge in [-0.3, -0.25) is 9.58 Å². The van der Waals surface area contributed by atoms with E-state index in [4.69, 9.17) is 9.73 Å². The second-order valence-electron chi connectivity index (χ2n) is 7.92. The molecule has 168 valence electrons. The van der Waals surface area contributed by atoms with E-state index in [0.29, 0.717) is 12.5 Å². The zero-order valence-electron chi connectivity index (χ0n) is 19.1. The van der Waals surface area contributed by atoms with Crippen molar-refractivity contribution in [3.63, 3.8) is 0 Å². The minimum Gasteiger partial charge on any atom is -0.374 e. The monoisotopic (exact) mass is 520 g/mol. The fourth-order valence-electron chi connectivity index (χ4n) is 3.87. The number of rotatable bonds is 9. The number of aliphatic imine (C=N–C) groups is 1. The summed E-state index contributed by atoms with van der Waals surface area (Å²) in [6, 6.07) is 0. The van der Waals surface area contributed by atoms with Crippen LogP contribution in [0.4, 0.5) is 0 Å². The lowest BCUT2D eigenvalue weighted by molar-refractivity contribution is -0.0284. The number of aromatic nitrogens is 2. The lowest BCUT2D eigenvalue weighted by Crippen LogP contribution is -2.50. The molecule has 29 heavy (non-hydrogen) atoms. The highest BCUT2D eigenvalue weighted by Gasteiger charge is 2.21. The van der Waals surface area contributed by atoms with Gasteiger partial charge < -0.3 is 15.4 Å². The highest BCUT2D eigenvalue weighted by molar-refractivity contribution is 14.0. The minimum atomic E-state index is 0. The Morgan fingerprint density at radius 3 is 2.62 bits per heavy atom. The molecular formula is C21H41IN6O. The van der Waals surface area contributed by atoms with E-state index in [1.807, 2.05) is 11.7 Å². The summed E-state index contributed by atoms with van der Waals surface area (Å²) in [6.45, 7) is 17.2. The summed E-state index contributed by atoms with van der Waals surface area (Å²) in [5.41, 5.74) is 3.69. The number of halogens is 1. The van der Waals surface area contributed by atoms with Gasteiger partial charge in [-0.1, -0.05) is 27.7 Å². The van der Waals surface area contributed by atoms with Crippen molar-refractivity contribution in [2.24, 2.45) is 18.0 Å². The van der Waals surface area contributed by atoms with E-state index in [1.54, 1.807) is 0 Å². The normalized spacial score (nSPS) is 18.0. The third kappa shape index (κ3) is 8.05. The molecule has 1 saturated heterocycles. The summed E-state index contributed by atoms with van der Waals surface area (Å²) in [7, 11) is 2.03. The number of guanidine groups is 1. The van der Waals surface area contributed by atoms with Crippen LogP contribution in [0.3, 0.4) is 0 Å². The first-order chi connectivity index (χ1) is 13.5. The summed E-state index contributed by atoms with van der Waals surface area (Å²) in [5.74, 6) is 1.53. The Kier molecular flexibility index (Phi) is 12.1. The van der Waals surface area contributed by atoms with Gasteiger partial charge in [0.1, 0.15) is 0 Å². The van der Waals surface area contributed by atoms with Crippen LogP contribution >= 0.6 is 24.0 Å². The third-order valence-corrected chi connectivity index (χ3v) is 5.11. The molecule has 7 nitrogen and oxygen atoms in total. The highest BCUT2D eigenvalue weighted by Crippen LogP contribution is 2.16. The molecule has 1 fully saturated rings. The molecule has 1 unspecified atom stereocenters. The Morgan fingerprint density at radius 2 is 2.00 bits per heavy atom. The third-order valence-electron chi connectivity index (χ3n) is 5.11. The van der Waals surface area contributed by atoms with Crippen molar-refractivity contribution in [2.75, 3.05) is 39.3 Å². The summed E-state index contributed by atoms with van der Waals surface area (Å²) in [4.78, 5) is 7.34. The number of aryl methyl sites for hydroxylation is 2. The van der Waals surface area contributed by atoms with Crippen LogP contribution in [0.1, 0.15) is 51.6 Å². The molecule has 0 amide bonds. The first kappa shape index (κ1) is 26.2. The molecule has 0 aromatic carbocycles. The number of nitrogens with one attached hydrogen (secondary N) is 2. The van der Waals surface area contributed by atoms with Crippen molar-refractivity contribution in [3.05, 3.63) is 17.0 Å². The maximum atomic E-state index is 5.96. The quantitative estimate of drug-likeness (QED) is 0.298. The van der Waals surface area contributed by atoms with E-state index in [1.165, 1.54) is 11.3 Å². The molecular weight excluding hydrogens is 479 g/mol. The van der Waals surface area contributed by atoms with Crippen LogP contribution in [0, 0.1) is 5.92 Å². The van der Waals surface area contributed by atoms with Crippen molar-refractivity contribution >= 4 is 29.9 Å². The minimum absolute atomic E-state index is 0. The van der Waals surface area contributed by atoms with E-state index >= 15 is 0 Å². The van der Waals surface area contributed by atoms with E-state index in [9.17, 15) is 0 Å².